The first-order valence-electron chi connectivity index (χ1n) is 51.7. The minimum absolute atomic E-state index is 0.00882. The monoisotopic (exact) mass is 2100 g/mol. The van der Waals surface area contributed by atoms with Crippen molar-refractivity contribution >= 4 is 51.7 Å². The van der Waals surface area contributed by atoms with Crippen molar-refractivity contribution in [3.8, 4) is 61.8 Å². The first-order valence-corrected chi connectivity index (χ1v) is 57.8. The lowest BCUT2D eigenvalue weighted by molar-refractivity contribution is -0.0635. The molecule has 8 aliphatic rings. The van der Waals surface area contributed by atoms with Crippen molar-refractivity contribution in [2.75, 3.05) is 133 Å². The van der Waals surface area contributed by atoms with E-state index in [-0.39, 0.29) is 91.0 Å². The van der Waals surface area contributed by atoms with Gasteiger partial charge in [-0.15, -0.1) is 0 Å². The quantitative estimate of drug-likeness (QED) is 0.0475. The Balaban J connectivity index is 0.000000135. The summed E-state index contributed by atoms with van der Waals surface area (Å²) in [5, 5.41) is 31.1. The van der Waals surface area contributed by atoms with E-state index in [1.807, 2.05) is 139 Å². The van der Waals surface area contributed by atoms with E-state index in [2.05, 4.69) is 161 Å². The number of sulfonamides is 4. The Hall–Kier alpha value is -10.6. The number of aromatic hydroxyl groups is 1. The van der Waals surface area contributed by atoms with Gasteiger partial charge in [-0.1, -0.05) is 230 Å². The van der Waals surface area contributed by atoms with Crippen LogP contribution in [0.1, 0.15) is 129 Å². The molecule has 8 heterocycles. The molecule has 0 saturated carbocycles. The van der Waals surface area contributed by atoms with Crippen molar-refractivity contribution in [1.29, 1.82) is 0 Å². The van der Waals surface area contributed by atoms with Crippen LogP contribution in [0.3, 0.4) is 0 Å². The number of methoxy groups -OCH3 is 4. The number of halogens is 1. The molecule has 0 radical (unpaired) electrons. The third-order valence-corrected chi connectivity index (χ3v) is 40.4. The Morgan fingerprint density at radius 3 is 1.05 bits per heavy atom. The smallest absolute Gasteiger partial charge is 0.243 e. The summed E-state index contributed by atoms with van der Waals surface area (Å²) < 4.78 is 138. The van der Waals surface area contributed by atoms with Gasteiger partial charge in [0.25, 0.3) is 0 Å². The number of hydrogen-bond acceptors (Lipinski definition) is 19. The molecule has 0 spiro atoms. The average Bonchev–Trinajstić information content (AvgIpc) is 0.742. The fraction of sp³-hybridized carbons (Fsp3) is 0.383. The third kappa shape index (κ3) is 22.7. The number of phenols is 1. The molecule has 0 amide bonds. The second-order valence-electron chi connectivity index (χ2n) is 40.7. The molecule has 782 valence electrons. The van der Waals surface area contributed by atoms with Crippen LogP contribution in [0.4, 0.5) is 0 Å². The molecule has 12 aromatic carbocycles. The van der Waals surface area contributed by atoms with E-state index in [9.17, 15) is 49.0 Å². The van der Waals surface area contributed by atoms with Gasteiger partial charge < -0.3 is 34.3 Å². The maximum absolute atomic E-state index is 13.8. The van der Waals surface area contributed by atoms with Crippen LogP contribution < -0.4 is 9.47 Å². The van der Waals surface area contributed by atoms with Gasteiger partial charge in [-0.3, -0.25) is 19.6 Å². The van der Waals surface area contributed by atoms with Gasteiger partial charge in [-0.25, -0.2) is 33.7 Å². The molecule has 4 unspecified atom stereocenters. The number of aliphatic hydroxyl groups excluding tert-OH is 2. The van der Waals surface area contributed by atoms with Crippen LogP contribution in [0.5, 0.6) is 17.2 Å². The SMILES string of the molecule is COC[C@@H]1[C@@H](c2ccc(-c3ccc(OC)cc3C)cc2)C2CN(S(=O)(=O)c3ccccc3C)CCCCN21.COC[C@@H]1[C@@H](c2ccc(-c3cccc(Cl)c3C)cc2)C2CN(S(=O)(=O)c3ccccc3C)C/C=C\CN21.COc1ccc(C)cc1-c1ccc([C@H]2C3CN(S(=O)(=O)c4ccccc4C)CCCCN3[C@@H]2CO)cc1.Cc1cc(O)ccc1-c1ccc([C@H]2C3CN(S(=O)(=O)c4ccccc4C)CCCCN3[C@@H]2CO)cc1. The average molecular weight is 2100 g/mol. The molecule has 0 aliphatic carbocycles. The van der Waals surface area contributed by atoms with E-state index in [1.165, 1.54) is 27.8 Å². The van der Waals surface area contributed by atoms with E-state index >= 15 is 0 Å². The Morgan fingerprint density at radius 2 is 0.662 bits per heavy atom. The normalized spacial score (nSPS) is 23.1. The summed E-state index contributed by atoms with van der Waals surface area (Å²) >= 11 is 6.36. The van der Waals surface area contributed by atoms with Crippen molar-refractivity contribution in [3.05, 3.63) is 351 Å². The van der Waals surface area contributed by atoms with Gasteiger partial charge in [0.1, 0.15) is 17.2 Å². The molecule has 7 fully saturated rings. The molecule has 0 aromatic heterocycles. The molecule has 23 nitrogen and oxygen atoms in total. The van der Waals surface area contributed by atoms with Crippen molar-refractivity contribution in [1.82, 2.24) is 36.8 Å². The Kier molecular flexibility index (Phi) is 34.9. The first-order chi connectivity index (χ1) is 71.3. The minimum atomic E-state index is -3.63. The van der Waals surface area contributed by atoms with Gasteiger partial charge in [0, 0.05) is 156 Å². The highest BCUT2D eigenvalue weighted by molar-refractivity contribution is 7.90. The molecule has 28 heteroatoms. The summed E-state index contributed by atoms with van der Waals surface area (Å²) in [4.78, 5) is 11.0. The topological polar surface area (TPSA) is 260 Å². The largest absolute Gasteiger partial charge is 0.508 e. The number of fused-ring (bicyclic) bond motifs is 4. The van der Waals surface area contributed by atoms with Gasteiger partial charge in [0.15, 0.2) is 0 Å². The predicted octanol–water partition coefficient (Wildman–Crippen LogP) is 19.8. The Labute approximate surface area is 881 Å². The Bertz CT molecular complexity index is 7170. The van der Waals surface area contributed by atoms with Gasteiger partial charge >= 0.3 is 0 Å². The standard InChI is InChI=1S/C31H38N2O4S.C30H33ClN2O3S.C30H36N2O4S.C29H34N2O4S/c1-22-9-5-6-10-30(22)38(34,35)32-17-7-8-18-33-28(20-32)31(29(33)21-36-3)25-13-11-24(12-14-25)27-16-15-26(37-4)19-23(27)2;1-21-9-4-5-12-29(21)37(34,35)32-17-6-7-18-33-27(19-32)30(28(33)20-36-3)24-15-13-23(14-16-24)25-10-8-11-26(31)22(25)2;1-21-10-15-28(36-3)25(18-21)23-11-13-24(14-12-23)30-26-19-31(16-6-7-17-32(26)27(30)20-33)37(34,35)29-9-5-4-8-22(29)2;1-20-7-3-4-8-28(20)36(34,35)30-15-5-6-16-31-26(18-30)29(27(31)19-32)23-11-9-22(10-12-23)25-14-13-24(33)17-21(25)2/h5-6,9-16,19,28-29,31H,7-8,17-18,20-21H2,1-4H3;4-16,27-28,30H,17-20H2,1-3H3;4-5,8-15,18,26-27,30,33H,6-7,16-17,19-20H2,1-3H3;3-4,7-14,17,26-27,29,32-33H,5-6,15-16,18-19H2,1-2H3/b;7-6-;;/t28?,29-,31+;27?,28-,30+;26?,27-,30+;26?,27-,29+/m1111/s1. The number of aryl methyl sites for hydroxylation is 7. The maximum Gasteiger partial charge on any atom is 0.243 e. The fourth-order valence-electron chi connectivity index (χ4n) is 24.0. The number of rotatable bonds is 24. The van der Waals surface area contributed by atoms with Crippen molar-refractivity contribution in [3.63, 3.8) is 0 Å². The highest BCUT2D eigenvalue weighted by Gasteiger charge is 2.55. The molecular weight excluding hydrogens is 1960 g/mol. The molecule has 20 rings (SSSR count). The van der Waals surface area contributed by atoms with Gasteiger partial charge in [0.05, 0.1) is 60.2 Å². The van der Waals surface area contributed by atoms with Gasteiger partial charge in [0.2, 0.25) is 40.1 Å². The molecule has 0 bridgehead atoms. The second-order valence-corrected chi connectivity index (χ2v) is 48.7. The highest BCUT2D eigenvalue weighted by Crippen LogP contribution is 2.50. The highest BCUT2D eigenvalue weighted by atomic mass is 35.5. The van der Waals surface area contributed by atoms with Crippen LogP contribution in [0.25, 0.3) is 44.5 Å². The third-order valence-electron chi connectivity index (χ3n) is 31.9. The molecule has 12 aromatic rings. The Morgan fingerprint density at radius 1 is 0.318 bits per heavy atom. The lowest BCUT2D eigenvalue weighted by Gasteiger charge is -2.57. The minimum Gasteiger partial charge on any atom is -0.508 e. The fourth-order valence-corrected chi connectivity index (χ4v) is 31.0. The molecule has 148 heavy (non-hydrogen) atoms. The number of hydrogen-bond donors (Lipinski definition) is 3. The zero-order valence-corrected chi connectivity index (χ0v) is 90.9. The van der Waals surface area contributed by atoms with Crippen LogP contribution in [0.2, 0.25) is 5.02 Å². The van der Waals surface area contributed by atoms with Crippen LogP contribution in [0, 0.1) is 55.4 Å². The maximum atomic E-state index is 13.8. The van der Waals surface area contributed by atoms with Gasteiger partial charge in [-0.05, 0) is 280 Å². The number of nitrogens with zero attached hydrogens (tertiary/aromatic N) is 8. The zero-order chi connectivity index (χ0) is 105. The van der Waals surface area contributed by atoms with Crippen LogP contribution in [0.15, 0.2) is 299 Å². The molecular formula is C120H141ClN8O15S4. The van der Waals surface area contributed by atoms with Crippen molar-refractivity contribution < 1.29 is 67.9 Å². The number of benzene rings is 12. The van der Waals surface area contributed by atoms with E-state index in [0.717, 1.165) is 165 Å². The van der Waals surface area contributed by atoms with E-state index < -0.39 is 40.1 Å². The molecule has 8 aliphatic heterocycles. The number of aliphatic hydroxyl groups is 2. The van der Waals surface area contributed by atoms with Crippen LogP contribution >= 0.6 is 11.6 Å². The van der Waals surface area contributed by atoms with E-state index in [0.29, 0.717) is 85.2 Å². The van der Waals surface area contributed by atoms with Crippen molar-refractivity contribution in [2.45, 2.75) is 186 Å². The molecule has 12 atom stereocenters. The summed E-state index contributed by atoms with van der Waals surface area (Å²) in [7, 11) is -7.59. The second kappa shape index (κ2) is 47.5. The van der Waals surface area contributed by atoms with E-state index in [1.54, 1.807) is 100 Å². The van der Waals surface area contributed by atoms with Crippen molar-refractivity contribution in [2.24, 2.45) is 0 Å². The lowest BCUT2D eigenvalue weighted by atomic mass is 9.74. The lowest BCUT2D eigenvalue weighted by Crippen LogP contribution is -2.68. The molecule has 3 N–H and O–H groups in total. The van der Waals surface area contributed by atoms with Crippen LogP contribution in [-0.4, -0.2) is 268 Å². The summed E-state index contributed by atoms with van der Waals surface area (Å²) in [6, 6.07) is 87.4. The zero-order valence-electron chi connectivity index (χ0n) is 86.9. The summed E-state index contributed by atoms with van der Waals surface area (Å²) in [6.45, 7) is 24.1. The predicted molar refractivity (Wildman–Crippen MR) is 589 cm³/mol. The van der Waals surface area contributed by atoms with Gasteiger partial charge in [-0.2, -0.15) is 17.2 Å². The summed E-state index contributed by atoms with van der Waals surface area (Å²) in [5.41, 5.74) is 21.0. The number of ether oxygens (including phenoxy) is 4. The number of phenolic OH excluding ortho intramolecular Hbond substituents is 1. The summed E-state index contributed by atoms with van der Waals surface area (Å²) in [5.74, 6) is 2.42. The molecule has 7 saturated heterocycles. The summed E-state index contributed by atoms with van der Waals surface area (Å²) in [6.07, 6.45) is 9.29. The van der Waals surface area contributed by atoms with Crippen LogP contribution in [-0.2, 0) is 49.6 Å². The van der Waals surface area contributed by atoms with E-state index in [4.69, 9.17) is 30.5 Å². The first kappa shape index (κ1) is 109.